The predicted molar refractivity (Wildman–Crippen MR) is 78.1 cm³/mol. The molecule has 0 N–H and O–H groups in total. The van der Waals surface area contributed by atoms with E-state index in [1.807, 2.05) is 6.07 Å². The van der Waals surface area contributed by atoms with Gasteiger partial charge in [-0.25, -0.2) is 4.98 Å². The topological polar surface area (TPSA) is 64.3 Å². The number of hydrogen-bond acceptors (Lipinski definition) is 4. The first kappa shape index (κ1) is 14.3. The largest absolute Gasteiger partial charge is 0.568 e. The predicted octanol–water partition coefficient (Wildman–Crippen LogP) is 2.78. The Bertz CT molecular complexity index is 741. The van der Waals surface area contributed by atoms with E-state index in [1.54, 1.807) is 37.3 Å². The molecule has 1 aromatic carbocycles. The van der Waals surface area contributed by atoms with Crippen LogP contribution in [0.1, 0.15) is 27.8 Å². The minimum atomic E-state index is -0.594. The Labute approximate surface area is 121 Å². The quantitative estimate of drug-likeness (QED) is 0.492. The highest BCUT2D eigenvalue weighted by Crippen LogP contribution is 2.08. The molecule has 2 aromatic rings. The van der Waals surface area contributed by atoms with Gasteiger partial charge >= 0.3 is 12.0 Å². The minimum Gasteiger partial charge on any atom is -0.288 e. The third kappa shape index (κ3) is 3.67. The Balaban J connectivity index is 2.20. The van der Waals surface area contributed by atoms with Crippen molar-refractivity contribution in [2.75, 3.05) is 0 Å². The van der Waals surface area contributed by atoms with Gasteiger partial charge in [-0.2, -0.15) is 4.79 Å². The van der Waals surface area contributed by atoms with Gasteiger partial charge in [-0.3, -0.25) is 9.78 Å². The van der Waals surface area contributed by atoms with Gasteiger partial charge in [0.25, 0.3) is 0 Å². The molecule has 0 aliphatic carbocycles. The van der Waals surface area contributed by atoms with E-state index in [1.165, 1.54) is 18.6 Å². The number of carbonyl (C=O) groups excluding carboxylic acids is 2. The molecule has 0 fully saturated rings. The van der Waals surface area contributed by atoms with Crippen LogP contribution in [0.25, 0.3) is 4.85 Å². The number of allylic oxidation sites excluding steroid dienone is 2. The van der Waals surface area contributed by atoms with E-state index in [9.17, 15) is 9.59 Å². The van der Waals surface area contributed by atoms with Gasteiger partial charge in [-0.1, -0.05) is 36.4 Å². The first-order chi connectivity index (χ1) is 10.2. The van der Waals surface area contributed by atoms with Gasteiger partial charge in [0.1, 0.15) is 5.57 Å². The van der Waals surface area contributed by atoms with Gasteiger partial charge < -0.3 is 0 Å². The summed E-state index contributed by atoms with van der Waals surface area (Å²) in [4.78, 5) is 35.2. The molecule has 1 aromatic heterocycles. The van der Waals surface area contributed by atoms with Crippen molar-refractivity contribution >= 4 is 11.7 Å². The molecule has 1 heterocycles. The molecule has 5 nitrogen and oxygen atoms in total. The van der Waals surface area contributed by atoms with Gasteiger partial charge in [0.15, 0.2) is 0 Å². The summed E-state index contributed by atoms with van der Waals surface area (Å²) in [5.41, 5.74) is 0.839. The van der Waals surface area contributed by atoms with Crippen LogP contribution < -0.4 is 0 Å². The zero-order chi connectivity index (χ0) is 15.1. The van der Waals surface area contributed by atoms with Crippen LogP contribution in [0.3, 0.4) is 0 Å². The van der Waals surface area contributed by atoms with Crippen molar-refractivity contribution in [3.63, 3.8) is 0 Å². The van der Waals surface area contributed by atoms with Crippen molar-refractivity contribution < 1.29 is 9.59 Å². The van der Waals surface area contributed by atoms with Crippen LogP contribution in [0, 0.1) is 6.07 Å². The van der Waals surface area contributed by atoms with Gasteiger partial charge in [-0.05, 0) is 6.92 Å². The van der Waals surface area contributed by atoms with Crippen molar-refractivity contribution in [1.82, 2.24) is 9.97 Å². The minimum absolute atomic E-state index is 0.104. The summed E-state index contributed by atoms with van der Waals surface area (Å²) >= 11 is 0. The molecule has 0 spiro atoms. The van der Waals surface area contributed by atoms with Crippen molar-refractivity contribution in [2.24, 2.45) is 0 Å². The van der Waals surface area contributed by atoms with Crippen molar-refractivity contribution in [2.45, 2.75) is 6.92 Å². The first-order valence-electron chi connectivity index (χ1n) is 6.25. The molecule has 0 radical (unpaired) electrons. The summed E-state index contributed by atoms with van der Waals surface area (Å²) < 4.78 is 0. The summed E-state index contributed by atoms with van der Waals surface area (Å²) in [6.07, 6.45) is 5.72. The lowest BCUT2D eigenvalue weighted by atomic mass is 10.0. The lowest BCUT2D eigenvalue weighted by molar-refractivity contribution is 0.103. The van der Waals surface area contributed by atoms with E-state index in [4.69, 9.17) is 0 Å². The molecular weight excluding hydrogens is 266 g/mol. The lowest BCUT2D eigenvalue weighted by Crippen LogP contribution is -2.02. The van der Waals surface area contributed by atoms with Gasteiger partial charge in [-0.15, -0.1) is 0 Å². The molecule has 21 heavy (non-hydrogen) atoms. The molecule has 5 heteroatoms. The number of benzene rings is 1. The number of Topliss-reactive ketones (excluding diaryl/α,β-unsaturated/α-hetero) is 1. The summed E-state index contributed by atoms with van der Waals surface area (Å²) in [6.45, 7) is 1.69. The molecule has 0 aliphatic heterocycles. The molecule has 2 rings (SSSR count). The molecule has 0 saturated heterocycles. The highest BCUT2D eigenvalue weighted by molar-refractivity contribution is 6.12. The average molecular weight is 278 g/mol. The van der Waals surface area contributed by atoms with Crippen LogP contribution in [-0.2, 0) is 0 Å². The summed E-state index contributed by atoms with van der Waals surface area (Å²) in [6, 6.07) is 11.2. The molecule has 1 amide bonds. The van der Waals surface area contributed by atoms with Gasteiger partial charge in [0.2, 0.25) is 11.5 Å². The fourth-order valence-electron chi connectivity index (χ4n) is 1.57. The lowest BCUT2D eigenvalue weighted by Gasteiger charge is -1.94. The summed E-state index contributed by atoms with van der Waals surface area (Å²) in [5, 5.41) is 0. The van der Waals surface area contributed by atoms with Crippen LogP contribution in [0.2, 0.25) is 0 Å². The zero-order valence-corrected chi connectivity index (χ0v) is 11.4. The SMILES string of the molecule is C/C=C(/C#[N+]C(=O)c1cnccn1)C(=O)c1ccccc1. The molecule has 0 bridgehead atoms. The standard InChI is InChI=1S/C16H12N3O2/c1-2-12(15(20)13-6-4-3-5-7-13)10-19-16(21)14-11-17-8-9-18-14/h2-9,11H,1H3/q+1/b12-2-. The van der Waals surface area contributed by atoms with Crippen molar-refractivity contribution in [3.8, 4) is 6.07 Å². The van der Waals surface area contributed by atoms with E-state index >= 15 is 0 Å². The molecule has 0 atom stereocenters. The van der Waals surface area contributed by atoms with E-state index in [0.29, 0.717) is 5.56 Å². The second-order valence-corrected chi connectivity index (χ2v) is 4.02. The Morgan fingerprint density at radius 3 is 2.57 bits per heavy atom. The van der Waals surface area contributed by atoms with E-state index in [-0.39, 0.29) is 17.1 Å². The Morgan fingerprint density at radius 2 is 1.95 bits per heavy atom. The summed E-state index contributed by atoms with van der Waals surface area (Å²) in [5.74, 6) is -0.836. The maximum absolute atomic E-state index is 12.2. The normalized spacial score (nSPS) is 10.4. The van der Waals surface area contributed by atoms with Gasteiger partial charge in [0, 0.05) is 22.8 Å². The second-order valence-electron chi connectivity index (χ2n) is 4.02. The maximum Gasteiger partial charge on any atom is 0.568 e. The molecule has 0 aliphatic rings. The summed E-state index contributed by atoms with van der Waals surface area (Å²) in [7, 11) is 0. The first-order valence-corrected chi connectivity index (χ1v) is 6.25. The van der Waals surface area contributed by atoms with Crippen molar-refractivity contribution in [1.29, 1.82) is 0 Å². The number of ketones is 1. The molecular formula is C16H12N3O2+. The van der Waals surface area contributed by atoms with Crippen molar-refractivity contribution in [3.05, 3.63) is 76.7 Å². The number of aromatic nitrogens is 2. The van der Waals surface area contributed by atoms with Crippen LogP contribution in [-0.4, -0.2) is 21.7 Å². The highest BCUT2D eigenvalue weighted by Gasteiger charge is 2.19. The van der Waals surface area contributed by atoms with Crippen LogP contribution in [0.5, 0.6) is 0 Å². The third-order valence-electron chi connectivity index (χ3n) is 2.63. The smallest absolute Gasteiger partial charge is 0.288 e. The number of nitrogens with zero attached hydrogens (tertiary/aromatic N) is 3. The zero-order valence-electron chi connectivity index (χ0n) is 11.4. The van der Waals surface area contributed by atoms with Crippen LogP contribution in [0.4, 0.5) is 0 Å². The number of carbonyl (C=O) groups is 2. The maximum atomic E-state index is 12.2. The highest BCUT2D eigenvalue weighted by atomic mass is 16.1. The third-order valence-corrected chi connectivity index (χ3v) is 2.63. The Hall–Kier alpha value is -3.13. The number of hydrogen-bond donors (Lipinski definition) is 0. The van der Waals surface area contributed by atoms with Crippen LogP contribution in [0.15, 0.2) is 60.6 Å². The Morgan fingerprint density at radius 1 is 1.19 bits per heavy atom. The molecule has 102 valence electrons. The van der Waals surface area contributed by atoms with Gasteiger partial charge in [0.05, 0.1) is 6.20 Å². The number of rotatable bonds is 3. The molecule has 0 unspecified atom stereocenters. The number of amides is 1. The monoisotopic (exact) mass is 278 g/mol. The van der Waals surface area contributed by atoms with E-state index in [2.05, 4.69) is 20.9 Å². The van der Waals surface area contributed by atoms with E-state index < -0.39 is 5.91 Å². The van der Waals surface area contributed by atoms with Crippen LogP contribution >= 0.6 is 0 Å². The average Bonchev–Trinajstić information content (AvgIpc) is 2.56. The fraction of sp³-hybridized carbons (Fsp3) is 0.0625. The second kappa shape index (κ2) is 6.87. The molecule has 0 saturated carbocycles. The fourth-order valence-corrected chi connectivity index (χ4v) is 1.57. The van der Waals surface area contributed by atoms with E-state index in [0.717, 1.165) is 0 Å². The Kier molecular flexibility index (Phi) is 4.67.